The van der Waals surface area contributed by atoms with Gasteiger partial charge in [-0.15, -0.1) is 0 Å². The summed E-state index contributed by atoms with van der Waals surface area (Å²) in [5, 5.41) is 0.625. The molecule has 1 fully saturated rings. The number of benzene rings is 1. The Labute approximate surface area is 195 Å². The van der Waals surface area contributed by atoms with E-state index in [4.69, 9.17) is 0 Å². The van der Waals surface area contributed by atoms with Crippen LogP contribution < -0.4 is 0 Å². The normalized spacial score (nSPS) is 15.6. The number of piperidine rings is 1. The molecule has 32 heavy (non-hydrogen) atoms. The first kappa shape index (κ1) is 24.2. The Balaban J connectivity index is 1.60. The van der Waals surface area contributed by atoms with E-state index in [1.54, 1.807) is 18.5 Å². The summed E-state index contributed by atoms with van der Waals surface area (Å²) in [6.45, 7) is 1.85. The zero-order valence-electron chi connectivity index (χ0n) is 19.2. The Hall–Kier alpha value is -2.45. The second kappa shape index (κ2) is 12.0. The van der Waals surface area contributed by atoms with Crippen molar-refractivity contribution in [3.8, 4) is 0 Å². The van der Waals surface area contributed by atoms with Gasteiger partial charge in [0.05, 0.1) is 12.3 Å². The number of likely N-dealkylation sites (tertiary alicyclic amines) is 1. The Kier molecular flexibility index (Phi) is 9.05. The van der Waals surface area contributed by atoms with Gasteiger partial charge in [0.15, 0.2) is 5.16 Å². The molecule has 2 aromatic rings. The van der Waals surface area contributed by atoms with Crippen molar-refractivity contribution in [3.05, 3.63) is 54.4 Å². The summed E-state index contributed by atoms with van der Waals surface area (Å²) in [4.78, 5) is 39.6. The van der Waals surface area contributed by atoms with Gasteiger partial charge in [-0.2, -0.15) is 0 Å². The molecule has 1 aliphatic rings. The number of amides is 2. The van der Waals surface area contributed by atoms with E-state index in [1.807, 2.05) is 54.0 Å². The van der Waals surface area contributed by atoms with Crippen LogP contribution in [0, 0.1) is 5.92 Å². The highest BCUT2D eigenvalue weighted by Crippen LogP contribution is 2.27. The predicted octanol–water partition coefficient (Wildman–Crippen LogP) is 2.44. The SMILES string of the molecule is CN(C)CC(=O)N(C)C(Cc1ccccc1)C1CCN(C(=O)CSc2ncccn2)CC1. The Bertz CT molecular complexity index is 857. The lowest BCUT2D eigenvalue weighted by atomic mass is 9.85. The first-order valence-corrected chi connectivity index (χ1v) is 12.0. The molecule has 8 heteroatoms. The molecule has 1 aliphatic heterocycles. The quantitative estimate of drug-likeness (QED) is 0.427. The number of carbonyl (C=O) groups is 2. The molecule has 0 saturated carbocycles. The van der Waals surface area contributed by atoms with Gasteiger partial charge < -0.3 is 14.7 Å². The van der Waals surface area contributed by atoms with E-state index in [-0.39, 0.29) is 17.9 Å². The van der Waals surface area contributed by atoms with Crippen LogP contribution in [0.3, 0.4) is 0 Å². The van der Waals surface area contributed by atoms with Crippen LogP contribution in [0.5, 0.6) is 0 Å². The molecule has 1 atom stereocenters. The molecule has 2 heterocycles. The number of thioether (sulfide) groups is 1. The van der Waals surface area contributed by atoms with Gasteiger partial charge in [0.1, 0.15) is 0 Å². The summed E-state index contributed by atoms with van der Waals surface area (Å²) >= 11 is 1.37. The Morgan fingerprint density at radius 1 is 1.06 bits per heavy atom. The smallest absolute Gasteiger partial charge is 0.236 e. The van der Waals surface area contributed by atoms with Gasteiger partial charge in [0.25, 0.3) is 0 Å². The van der Waals surface area contributed by atoms with Crippen LogP contribution in [0.15, 0.2) is 53.9 Å². The van der Waals surface area contributed by atoms with Crippen molar-refractivity contribution in [1.29, 1.82) is 0 Å². The minimum atomic E-state index is 0.120. The standard InChI is InChI=1S/C24H33N5O2S/c1-27(2)17-22(30)28(3)21(16-19-8-5-4-6-9-19)20-10-14-29(15-11-20)23(31)18-32-24-25-12-7-13-26-24/h4-9,12-13,20-21H,10-11,14-18H2,1-3H3. The van der Waals surface area contributed by atoms with Crippen LogP contribution in [0.25, 0.3) is 0 Å². The summed E-state index contributed by atoms with van der Waals surface area (Å²) in [5.41, 5.74) is 1.24. The van der Waals surface area contributed by atoms with Crippen molar-refractivity contribution in [2.24, 2.45) is 5.92 Å². The molecular formula is C24H33N5O2S. The third-order valence-corrected chi connectivity index (χ3v) is 6.79. The molecule has 1 aromatic carbocycles. The average molecular weight is 456 g/mol. The zero-order chi connectivity index (χ0) is 22.9. The van der Waals surface area contributed by atoms with E-state index in [9.17, 15) is 9.59 Å². The first-order valence-electron chi connectivity index (χ1n) is 11.1. The Morgan fingerprint density at radius 3 is 2.34 bits per heavy atom. The molecule has 3 rings (SSSR count). The fourth-order valence-corrected chi connectivity index (χ4v) is 4.86. The van der Waals surface area contributed by atoms with E-state index < -0.39 is 0 Å². The molecular weight excluding hydrogens is 422 g/mol. The van der Waals surface area contributed by atoms with E-state index >= 15 is 0 Å². The summed E-state index contributed by atoms with van der Waals surface area (Å²) < 4.78 is 0. The number of hydrogen-bond donors (Lipinski definition) is 0. The summed E-state index contributed by atoms with van der Waals surface area (Å²) in [5.74, 6) is 0.968. The van der Waals surface area contributed by atoms with Crippen molar-refractivity contribution in [2.45, 2.75) is 30.5 Å². The number of likely N-dealkylation sites (N-methyl/N-ethyl adjacent to an activating group) is 2. The van der Waals surface area contributed by atoms with Crippen LogP contribution in [-0.4, -0.2) is 89.1 Å². The van der Waals surface area contributed by atoms with Gasteiger partial charge in [0.2, 0.25) is 11.8 Å². The maximum Gasteiger partial charge on any atom is 0.236 e. The predicted molar refractivity (Wildman–Crippen MR) is 127 cm³/mol. The van der Waals surface area contributed by atoms with Crippen LogP contribution in [0.2, 0.25) is 0 Å². The third-order valence-electron chi connectivity index (χ3n) is 5.93. The maximum absolute atomic E-state index is 12.8. The molecule has 0 bridgehead atoms. The molecule has 172 valence electrons. The number of carbonyl (C=O) groups excluding carboxylic acids is 2. The van der Waals surface area contributed by atoms with E-state index in [1.165, 1.54) is 17.3 Å². The Morgan fingerprint density at radius 2 is 1.72 bits per heavy atom. The van der Waals surface area contributed by atoms with Crippen molar-refractivity contribution in [1.82, 2.24) is 24.7 Å². The lowest BCUT2D eigenvalue weighted by molar-refractivity contribution is -0.135. The highest BCUT2D eigenvalue weighted by Gasteiger charge is 2.32. The minimum Gasteiger partial charge on any atom is -0.342 e. The minimum absolute atomic E-state index is 0.120. The number of rotatable bonds is 9. The highest BCUT2D eigenvalue weighted by atomic mass is 32.2. The van der Waals surface area contributed by atoms with Gasteiger partial charge >= 0.3 is 0 Å². The summed E-state index contributed by atoms with van der Waals surface area (Å²) in [7, 11) is 5.76. The molecule has 1 saturated heterocycles. The second-order valence-electron chi connectivity index (χ2n) is 8.54. The summed E-state index contributed by atoms with van der Waals surface area (Å²) in [6.07, 6.45) is 6.00. The van der Waals surface area contributed by atoms with E-state index in [0.717, 1.165) is 32.4 Å². The molecule has 0 radical (unpaired) electrons. The highest BCUT2D eigenvalue weighted by molar-refractivity contribution is 7.99. The number of nitrogens with zero attached hydrogens (tertiary/aromatic N) is 5. The fraction of sp³-hybridized carbons (Fsp3) is 0.500. The van der Waals surface area contributed by atoms with Crippen LogP contribution in [0.1, 0.15) is 18.4 Å². The lowest BCUT2D eigenvalue weighted by Crippen LogP contribution is -2.50. The molecule has 0 spiro atoms. The lowest BCUT2D eigenvalue weighted by Gasteiger charge is -2.40. The van der Waals surface area contributed by atoms with Gasteiger partial charge in [0, 0.05) is 38.6 Å². The third kappa shape index (κ3) is 7.03. The molecule has 1 unspecified atom stereocenters. The van der Waals surface area contributed by atoms with Gasteiger partial charge in [-0.1, -0.05) is 42.1 Å². The topological polar surface area (TPSA) is 69.6 Å². The number of hydrogen-bond acceptors (Lipinski definition) is 6. The molecule has 2 amide bonds. The summed E-state index contributed by atoms with van der Waals surface area (Å²) in [6, 6.07) is 12.2. The van der Waals surface area contributed by atoms with Gasteiger partial charge in [-0.3, -0.25) is 9.59 Å². The van der Waals surface area contributed by atoms with Crippen molar-refractivity contribution < 1.29 is 9.59 Å². The molecule has 0 N–H and O–H groups in total. The van der Waals surface area contributed by atoms with Crippen LogP contribution in [-0.2, 0) is 16.0 Å². The van der Waals surface area contributed by atoms with Crippen LogP contribution in [0.4, 0.5) is 0 Å². The van der Waals surface area contributed by atoms with Crippen molar-refractivity contribution in [3.63, 3.8) is 0 Å². The van der Waals surface area contributed by atoms with Gasteiger partial charge in [-0.05, 0) is 50.9 Å². The van der Waals surface area contributed by atoms with Crippen LogP contribution >= 0.6 is 11.8 Å². The largest absolute Gasteiger partial charge is 0.342 e. The van der Waals surface area contributed by atoms with E-state index in [2.05, 4.69) is 22.1 Å². The molecule has 7 nitrogen and oxygen atoms in total. The van der Waals surface area contributed by atoms with E-state index in [0.29, 0.717) is 23.4 Å². The van der Waals surface area contributed by atoms with Crippen molar-refractivity contribution >= 4 is 23.6 Å². The first-order chi connectivity index (χ1) is 15.4. The fourth-order valence-electron chi connectivity index (χ4n) is 4.15. The number of aromatic nitrogens is 2. The molecule has 1 aromatic heterocycles. The molecule has 0 aliphatic carbocycles. The second-order valence-corrected chi connectivity index (χ2v) is 9.48. The maximum atomic E-state index is 12.8. The van der Waals surface area contributed by atoms with Gasteiger partial charge in [-0.25, -0.2) is 9.97 Å². The van der Waals surface area contributed by atoms with Crippen molar-refractivity contribution in [2.75, 3.05) is 46.5 Å². The average Bonchev–Trinajstić information content (AvgIpc) is 2.81. The zero-order valence-corrected chi connectivity index (χ0v) is 20.0. The monoisotopic (exact) mass is 455 g/mol.